The molecule has 2 nitrogen and oxygen atoms in total. The molecule has 0 aromatic heterocycles. The summed E-state index contributed by atoms with van der Waals surface area (Å²) in [6.07, 6.45) is 0.940. The zero-order valence-electron chi connectivity index (χ0n) is 14.3. The first-order valence-electron chi connectivity index (χ1n) is 7.50. The molecule has 112 valence electrons. The van der Waals surface area contributed by atoms with Crippen LogP contribution in [0.2, 0.25) is 0 Å². The van der Waals surface area contributed by atoms with E-state index in [1.807, 2.05) is 54.5 Å². The minimum absolute atomic E-state index is 0.0136. The zero-order valence-corrected chi connectivity index (χ0v) is 14.3. The molecule has 0 fully saturated rings. The molecule has 1 rings (SSSR count). The Kier molecular flexibility index (Phi) is 20.1. The first-order valence-corrected chi connectivity index (χ1v) is 7.50. The monoisotopic (exact) mass is 267 g/mol. The van der Waals surface area contributed by atoms with Crippen LogP contribution in [0.5, 0.6) is 0 Å². The summed E-state index contributed by atoms with van der Waals surface area (Å²) in [6.45, 7) is 17.6. The van der Waals surface area contributed by atoms with Crippen LogP contribution < -0.4 is 5.32 Å². The molecule has 0 radical (unpaired) electrons. The van der Waals surface area contributed by atoms with Gasteiger partial charge in [-0.25, -0.2) is 0 Å². The molecule has 0 saturated heterocycles. The van der Waals surface area contributed by atoms with Crippen LogP contribution in [0.3, 0.4) is 0 Å². The summed E-state index contributed by atoms with van der Waals surface area (Å²) in [5.74, 6) is -0.0136. The van der Waals surface area contributed by atoms with Crippen LogP contribution in [-0.4, -0.2) is 5.91 Å². The number of rotatable bonds is 2. The molecule has 0 aliphatic heterocycles. The van der Waals surface area contributed by atoms with E-state index in [9.17, 15) is 4.79 Å². The van der Waals surface area contributed by atoms with E-state index in [4.69, 9.17) is 0 Å². The molecule has 0 saturated carbocycles. The van der Waals surface area contributed by atoms with Gasteiger partial charge in [-0.05, 0) is 30.5 Å². The molecule has 1 aromatic rings. The Morgan fingerprint density at radius 2 is 1.53 bits per heavy atom. The molecule has 1 N–H and O–H groups in total. The predicted octanol–water partition coefficient (Wildman–Crippen LogP) is 5.59. The van der Waals surface area contributed by atoms with Gasteiger partial charge < -0.3 is 5.32 Å². The van der Waals surface area contributed by atoms with Gasteiger partial charge in [0.25, 0.3) is 0 Å². The van der Waals surface area contributed by atoms with Gasteiger partial charge in [0.1, 0.15) is 0 Å². The van der Waals surface area contributed by atoms with Crippen molar-refractivity contribution in [1.29, 1.82) is 0 Å². The molecule has 0 atom stereocenters. The molecule has 0 bridgehead atoms. The second-order valence-corrected chi connectivity index (χ2v) is 3.20. The number of anilines is 1. The van der Waals surface area contributed by atoms with Gasteiger partial charge in [-0.1, -0.05) is 60.6 Å². The number of aryl methyl sites for hydroxylation is 2. The summed E-state index contributed by atoms with van der Waals surface area (Å²) in [7, 11) is 0. The first-order chi connectivity index (χ1) is 9.13. The van der Waals surface area contributed by atoms with Crippen LogP contribution in [0.15, 0.2) is 18.2 Å². The summed E-state index contributed by atoms with van der Waals surface area (Å²) in [6, 6.07) is 6.12. The Hall–Kier alpha value is -1.31. The molecule has 19 heavy (non-hydrogen) atoms. The Balaban J connectivity index is -0.000000375. The topological polar surface area (TPSA) is 29.1 Å². The van der Waals surface area contributed by atoms with E-state index in [0.29, 0.717) is 0 Å². The van der Waals surface area contributed by atoms with Gasteiger partial charge >= 0.3 is 0 Å². The lowest BCUT2D eigenvalue weighted by atomic mass is 10.1. The van der Waals surface area contributed by atoms with Crippen molar-refractivity contribution in [3.05, 3.63) is 29.3 Å². The smallest absolute Gasteiger partial charge is 0.221 e. The van der Waals surface area contributed by atoms with Gasteiger partial charge in [0.2, 0.25) is 5.91 Å². The Morgan fingerprint density at radius 1 is 1.05 bits per heavy atom. The minimum Gasteiger partial charge on any atom is -0.326 e. The summed E-state index contributed by atoms with van der Waals surface area (Å²) in [5, 5.41) is 2.83. The van der Waals surface area contributed by atoms with Gasteiger partial charge in [-0.15, -0.1) is 0 Å². The van der Waals surface area contributed by atoms with E-state index in [1.165, 1.54) is 18.1 Å². The Labute approximate surface area is 120 Å². The average Bonchev–Trinajstić information content (AvgIpc) is 2.45. The number of carbonyl (C=O) groups excluding carboxylic acids is 1. The number of nitrogens with one attached hydrogen (secondary N) is 1. The highest BCUT2D eigenvalue weighted by molar-refractivity contribution is 5.89. The molecule has 1 aromatic carbocycles. The summed E-state index contributed by atoms with van der Waals surface area (Å²) < 4.78 is 0. The van der Waals surface area contributed by atoms with Crippen molar-refractivity contribution in [3.8, 4) is 0 Å². The van der Waals surface area contributed by atoms with Gasteiger partial charge in [-0.3, -0.25) is 4.79 Å². The molecular formula is C17H33NO. The summed E-state index contributed by atoms with van der Waals surface area (Å²) in [5.41, 5.74) is 3.29. The molecule has 0 spiro atoms. The second kappa shape index (κ2) is 16.7. The van der Waals surface area contributed by atoms with Crippen molar-refractivity contribution in [3.63, 3.8) is 0 Å². The van der Waals surface area contributed by atoms with Crippen molar-refractivity contribution >= 4 is 11.6 Å². The van der Waals surface area contributed by atoms with Gasteiger partial charge in [0, 0.05) is 12.6 Å². The van der Waals surface area contributed by atoms with Crippen molar-refractivity contribution in [2.45, 2.75) is 68.7 Å². The molecule has 0 heterocycles. The number of hydrogen-bond donors (Lipinski definition) is 1. The third kappa shape index (κ3) is 11.5. The highest BCUT2D eigenvalue weighted by Gasteiger charge is 2.01. The summed E-state index contributed by atoms with van der Waals surface area (Å²) in [4.78, 5) is 10.9. The van der Waals surface area contributed by atoms with E-state index in [2.05, 4.69) is 24.4 Å². The highest BCUT2D eigenvalue weighted by Crippen LogP contribution is 2.17. The largest absolute Gasteiger partial charge is 0.326 e. The predicted molar refractivity (Wildman–Crippen MR) is 88.9 cm³/mol. The normalized spacial score (nSPS) is 7.63. The number of amides is 1. The summed E-state index contributed by atoms with van der Waals surface area (Å²) >= 11 is 0. The van der Waals surface area contributed by atoms with Crippen LogP contribution in [-0.2, 0) is 11.2 Å². The Morgan fingerprint density at radius 3 is 1.89 bits per heavy atom. The van der Waals surface area contributed by atoms with Gasteiger partial charge in [0.15, 0.2) is 0 Å². The molecule has 1 amide bonds. The zero-order chi connectivity index (χ0) is 15.8. The number of benzene rings is 1. The molecule has 0 unspecified atom stereocenters. The maximum absolute atomic E-state index is 10.9. The molecule has 0 aliphatic rings. The third-order valence-electron chi connectivity index (χ3n) is 1.96. The first kappa shape index (κ1) is 22.8. The van der Waals surface area contributed by atoms with Crippen molar-refractivity contribution in [1.82, 2.24) is 0 Å². The van der Waals surface area contributed by atoms with Crippen molar-refractivity contribution in [2.24, 2.45) is 0 Å². The lowest BCUT2D eigenvalue weighted by Crippen LogP contribution is -2.08. The van der Waals surface area contributed by atoms with Crippen molar-refractivity contribution < 1.29 is 4.79 Å². The van der Waals surface area contributed by atoms with Crippen LogP contribution in [0.4, 0.5) is 5.69 Å². The molecule has 0 aliphatic carbocycles. The fourth-order valence-electron chi connectivity index (χ4n) is 1.30. The number of carbonyl (C=O) groups is 1. The van der Waals surface area contributed by atoms with E-state index >= 15 is 0 Å². The maximum atomic E-state index is 10.9. The van der Waals surface area contributed by atoms with E-state index < -0.39 is 0 Å². The van der Waals surface area contributed by atoms with Crippen LogP contribution in [0.25, 0.3) is 0 Å². The van der Waals surface area contributed by atoms with Gasteiger partial charge in [0.05, 0.1) is 0 Å². The lowest BCUT2D eigenvalue weighted by molar-refractivity contribution is -0.114. The second-order valence-electron chi connectivity index (χ2n) is 3.20. The maximum Gasteiger partial charge on any atom is 0.221 e. The Bertz CT molecular complexity index is 319. The quantitative estimate of drug-likeness (QED) is 0.743. The van der Waals surface area contributed by atoms with E-state index in [-0.39, 0.29) is 5.91 Å². The third-order valence-corrected chi connectivity index (χ3v) is 1.96. The fourth-order valence-corrected chi connectivity index (χ4v) is 1.30. The van der Waals surface area contributed by atoms with E-state index in [0.717, 1.165) is 12.1 Å². The standard InChI is InChI=1S/C11H15NO.3C2H6/c1-4-10-6-5-8(2)7-11(10)12-9(3)13;3*1-2/h5-7H,4H2,1-3H3,(H,12,13);3*1-2H3. The van der Waals surface area contributed by atoms with Crippen LogP contribution >= 0.6 is 0 Å². The van der Waals surface area contributed by atoms with Gasteiger partial charge in [-0.2, -0.15) is 0 Å². The van der Waals surface area contributed by atoms with Crippen LogP contribution in [0, 0.1) is 6.92 Å². The molecule has 2 heteroatoms. The van der Waals surface area contributed by atoms with E-state index in [1.54, 1.807) is 0 Å². The average molecular weight is 267 g/mol. The van der Waals surface area contributed by atoms with Crippen LogP contribution in [0.1, 0.15) is 66.5 Å². The fraction of sp³-hybridized carbons (Fsp3) is 0.588. The number of hydrogen-bond acceptors (Lipinski definition) is 1. The highest BCUT2D eigenvalue weighted by atomic mass is 16.1. The van der Waals surface area contributed by atoms with Crippen molar-refractivity contribution in [2.75, 3.05) is 5.32 Å². The SMILES string of the molecule is CC.CC.CC.CCc1ccc(C)cc1NC(C)=O. The minimum atomic E-state index is -0.0136. The molecular weight excluding hydrogens is 234 g/mol. The lowest BCUT2D eigenvalue weighted by Gasteiger charge is -2.08.